The van der Waals surface area contributed by atoms with E-state index in [0.717, 1.165) is 17.1 Å². The van der Waals surface area contributed by atoms with Crippen LogP contribution in [0.2, 0.25) is 0 Å². The molecule has 0 fully saturated rings. The van der Waals surface area contributed by atoms with Crippen LogP contribution in [-0.4, -0.2) is 14.2 Å². The predicted octanol–water partition coefficient (Wildman–Crippen LogP) is 20.9. The summed E-state index contributed by atoms with van der Waals surface area (Å²) in [6.07, 6.45) is 0. The van der Waals surface area contributed by atoms with Crippen LogP contribution < -0.4 is 9.47 Å². The molecule has 4 aliphatic carbocycles. The second-order valence-corrected chi connectivity index (χ2v) is 26.8. The van der Waals surface area contributed by atoms with E-state index in [2.05, 4.69) is 261 Å². The van der Waals surface area contributed by atoms with Crippen molar-refractivity contribution in [1.82, 2.24) is 0 Å². The molecule has 0 aliphatic heterocycles. The quantitative estimate of drug-likeness (QED) is 0.129. The molecule has 0 amide bonds. The zero-order valence-corrected chi connectivity index (χ0v) is 48.1. The fourth-order valence-corrected chi connectivity index (χ4v) is 14.7. The summed E-state index contributed by atoms with van der Waals surface area (Å²) < 4.78 is 11.2. The van der Waals surface area contributed by atoms with Crippen molar-refractivity contribution in [2.75, 3.05) is 14.2 Å². The Labute approximate surface area is 494 Å². The van der Waals surface area contributed by atoms with Gasteiger partial charge in [-0.3, -0.25) is 0 Å². The molecule has 0 aromatic heterocycles. The first kappa shape index (κ1) is 50.6. The molecule has 6 heteroatoms. The van der Waals surface area contributed by atoms with Crippen LogP contribution >= 0.6 is 30.3 Å². The van der Waals surface area contributed by atoms with E-state index in [4.69, 9.17) is 39.8 Å². The SMILES string of the molecule is COc1ccc2c(c1)c1ccccc1c1cc3c(cc21)C1(c2ccccc2-c2ccccc21)c1ccccc1-3.COc1cccc(-c2ccccc2-c2ccc3c(c2)-c2ccccc2C32c3ccccc3-c3ccccc32)c1.[Cl][Fe]([Cl])[Cl]. The Balaban J connectivity index is 0.000000132. The molecule has 0 atom stereocenters. The molecule has 0 radical (unpaired) electrons. The molecule has 82 heavy (non-hydrogen) atoms. The van der Waals surface area contributed by atoms with E-state index in [-0.39, 0.29) is 10.8 Å². The Morgan fingerprint density at radius 2 is 0.573 bits per heavy atom. The minimum atomic E-state index is -1.33. The molecule has 0 saturated heterocycles. The van der Waals surface area contributed by atoms with Crippen LogP contribution in [0.25, 0.3) is 99.1 Å². The van der Waals surface area contributed by atoms with E-state index in [0.29, 0.717) is 0 Å². The number of ether oxygens (including phenoxy) is 2. The molecule has 13 aromatic carbocycles. The molecular weight excluding hydrogens is 1110 g/mol. The van der Waals surface area contributed by atoms with Crippen molar-refractivity contribution in [3.8, 4) is 78.3 Å². The van der Waals surface area contributed by atoms with Gasteiger partial charge in [-0.1, -0.05) is 224 Å². The van der Waals surface area contributed by atoms with Crippen LogP contribution in [0.3, 0.4) is 0 Å². The standard InChI is InChI=1S/C38H24O.C38H26O.3ClH.Fe/c1-39-23-18-19-26-30(20-23)24-10-2-3-11-25(24)31-21-33-29-14-6-9-17-36(29)38(37(33)22-32(26)31)34-15-7-4-12-27(34)28-13-5-8-16-35(28)38;1-39-27-12-10-11-25(23-27)28-13-2-3-14-29(28)26-21-22-37-33(24-26)32-17-6-9-20-36(32)38(37)34-18-7-4-15-30(34)31-16-5-8-19-35(31)38;;;;/h2-22H,1H3;2-24H,1H3;3*1H;/q;;;;;+3/p-3. The van der Waals surface area contributed by atoms with Gasteiger partial charge in [0.1, 0.15) is 11.5 Å². The molecule has 0 N–H and O–H groups in total. The van der Waals surface area contributed by atoms with Gasteiger partial charge in [-0.25, -0.2) is 0 Å². The van der Waals surface area contributed by atoms with Crippen molar-refractivity contribution < 1.29 is 20.6 Å². The van der Waals surface area contributed by atoms with Gasteiger partial charge in [0.15, 0.2) is 0 Å². The summed E-state index contributed by atoms with van der Waals surface area (Å²) in [6, 6.07) is 98.3. The summed E-state index contributed by atoms with van der Waals surface area (Å²) in [5, 5.41) is 7.62. The second kappa shape index (κ2) is 20.0. The van der Waals surface area contributed by atoms with E-state index < -0.39 is 11.2 Å². The van der Waals surface area contributed by atoms with Crippen LogP contribution in [0, 0.1) is 0 Å². The number of halogens is 3. The molecule has 0 unspecified atom stereocenters. The first-order valence-corrected chi connectivity index (χ1v) is 32.0. The Bertz CT molecular complexity index is 4660. The molecule has 17 rings (SSSR count). The Hall–Kier alpha value is -8.37. The third-order valence-electron chi connectivity index (χ3n) is 17.8. The number of benzene rings is 13. The number of hydrogen-bond acceptors (Lipinski definition) is 2. The Morgan fingerprint density at radius 3 is 1.04 bits per heavy atom. The maximum absolute atomic E-state index is 5.65. The summed E-state index contributed by atoms with van der Waals surface area (Å²) in [6.45, 7) is 0. The maximum atomic E-state index is 5.65. The normalized spacial score (nSPS) is 13.6. The minimum absolute atomic E-state index is 0.302. The van der Waals surface area contributed by atoms with Crippen LogP contribution in [-0.2, 0) is 22.0 Å². The molecule has 0 bridgehead atoms. The molecular formula is C76H50Cl3FeO2. The summed E-state index contributed by atoms with van der Waals surface area (Å²) >= 11 is -1.33. The van der Waals surface area contributed by atoms with E-state index in [9.17, 15) is 0 Å². The van der Waals surface area contributed by atoms with Gasteiger partial charge in [0, 0.05) is 0 Å². The zero-order chi connectivity index (χ0) is 55.3. The third-order valence-corrected chi connectivity index (χ3v) is 17.8. The topological polar surface area (TPSA) is 18.5 Å². The Kier molecular flexibility index (Phi) is 12.3. The van der Waals surface area contributed by atoms with Gasteiger partial charge in [-0.2, -0.15) is 0 Å². The first-order chi connectivity index (χ1) is 40.3. The Morgan fingerprint density at radius 1 is 0.244 bits per heavy atom. The molecule has 2 nitrogen and oxygen atoms in total. The molecule has 0 saturated carbocycles. The molecule has 0 heterocycles. The summed E-state index contributed by atoms with van der Waals surface area (Å²) in [7, 11) is 18.1. The van der Waals surface area contributed by atoms with Gasteiger partial charge in [-0.15, -0.1) is 0 Å². The van der Waals surface area contributed by atoms with Crippen molar-refractivity contribution in [2.24, 2.45) is 0 Å². The monoisotopic (exact) mass is 1160 g/mol. The molecule has 13 aromatic rings. The summed E-state index contributed by atoms with van der Waals surface area (Å²) in [5.41, 5.74) is 25.8. The van der Waals surface area contributed by atoms with Crippen molar-refractivity contribution in [3.05, 3.63) is 311 Å². The summed E-state index contributed by atoms with van der Waals surface area (Å²) in [4.78, 5) is 0. The fourth-order valence-electron chi connectivity index (χ4n) is 14.7. The average molecular weight is 1160 g/mol. The van der Waals surface area contributed by atoms with E-state index in [1.165, 1.54) is 138 Å². The third kappa shape index (κ3) is 7.41. The van der Waals surface area contributed by atoms with Crippen LogP contribution in [0.15, 0.2) is 267 Å². The van der Waals surface area contributed by atoms with Gasteiger partial charge in [0.05, 0.1) is 25.0 Å². The van der Waals surface area contributed by atoms with Gasteiger partial charge < -0.3 is 9.47 Å². The van der Waals surface area contributed by atoms with Gasteiger partial charge in [0.2, 0.25) is 0 Å². The first-order valence-electron chi connectivity index (χ1n) is 27.4. The van der Waals surface area contributed by atoms with Crippen LogP contribution in [0.4, 0.5) is 0 Å². The zero-order valence-electron chi connectivity index (χ0n) is 44.7. The van der Waals surface area contributed by atoms with Gasteiger partial charge in [0.25, 0.3) is 0 Å². The van der Waals surface area contributed by atoms with Gasteiger partial charge >= 0.3 is 41.5 Å². The number of hydrogen-bond donors (Lipinski definition) is 0. The molecule has 4 aliphatic rings. The predicted molar refractivity (Wildman–Crippen MR) is 340 cm³/mol. The molecule has 2 spiro atoms. The van der Waals surface area contributed by atoms with Gasteiger partial charge in [-0.05, 0) is 186 Å². The van der Waals surface area contributed by atoms with Crippen molar-refractivity contribution in [2.45, 2.75) is 10.8 Å². The van der Waals surface area contributed by atoms with Crippen molar-refractivity contribution in [1.29, 1.82) is 0 Å². The summed E-state index contributed by atoms with van der Waals surface area (Å²) in [5.74, 6) is 1.75. The van der Waals surface area contributed by atoms with E-state index in [1.807, 2.05) is 6.07 Å². The fraction of sp³-hybridized carbons (Fsp3) is 0.0526. The number of fused-ring (bicyclic) bond motifs is 26. The average Bonchev–Trinajstić information content (AvgIpc) is 2.46. The van der Waals surface area contributed by atoms with Crippen molar-refractivity contribution in [3.63, 3.8) is 0 Å². The molecule has 395 valence electrons. The van der Waals surface area contributed by atoms with E-state index in [1.54, 1.807) is 14.2 Å². The number of rotatable bonds is 4. The second-order valence-electron chi connectivity index (χ2n) is 21.4. The van der Waals surface area contributed by atoms with Crippen LogP contribution in [0.1, 0.15) is 44.5 Å². The van der Waals surface area contributed by atoms with E-state index >= 15 is 0 Å². The van der Waals surface area contributed by atoms with Crippen LogP contribution in [0.5, 0.6) is 11.5 Å². The van der Waals surface area contributed by atoms with Crippen molar-refractivity contribution >= 4 is 62.6 Å². The number of methoxy groups -OCH3 is 2.